The first-order valence-corrected chi connectivity index (χ1v) is 8.86. The standard InChI is InChI=1S/C20H22FN3O4/c1-13(25)22-6-5-14-11-23-18-10-17(21)19(9-16(14)18)28-8-7-27-15-3-4-20(26-2)24-12-15/h3-4,9-12,23H,5-8H2,1-2H3,(H,22,25). The molecule has 0 bridgehead atoms. The Hall–Kier alpha value is -3.29. The van der Waals surface area contributed by atoms with Crippen LogP contribution in [0.5, 0.6) is 17.4 Å². The molecule has 0 unspecified atom stereocenters. The highest BCUT2D eigenvalue weighted by atomic mass is 19.1. The van der Waals surface area contributed by atoms with Crippen LogP contribution in [-0.4, -0.2) is 42.7 Å². The minimum Gasteiger partial charge on any atom is -0.488 e. The van der Waals surface area contributed by atoms with E-state index in [0.717, 1.165) is 10.9 Å². The quantitative estimate of drug-likeness (QED) is 0.552. The second-order valence-corrected chi connectivity index (χ2v) is 6.11. The van der Waals surface area contributed by atoms with Gasteiger partial charge in [-0.3, -0.25) is 4.79 Å². The molecule has 8 heteroatoms. The van der Waals surface area contributed by atoms with Crippen molar-refractivity contribution >= 4 is 16.8 Å². The van der Waals surface area contributed by atoms with E-state index in [1.165, 1.54) is 20.1 Å². The number of fused-ring (bicyclic) bond motifs is 1. The third-order valence-corrected chi connectivity index (χ3v) is 4.12. The van der Waals surface area contributed by atoms with Crippen molar-refractivity contribution in [3.63, 3.8) is 0 Å². The lowest BCUT2D eigenvalue weighted by molar-refractivity contribution is -0.118. The minimum atomic E-state index is -0.450. The summed E-state index contributed by atoms with van der Waals surface area (Å²) in [5, 5.41) is 3.61. The second-order valence-electron chi connectivity index (χ2n) is 6.11. The molecular weight excluding hydrogens is 365 g/mol. The fourth-order valence-electron chi connectivity index (χ4n) is 2.76. The number of benzene rings is 1. The van der Waals surface area contributed by atoms with E-state index in [1.54, 1.807) is 24.4 Å². The lowest BCUT2D eigenvalue weighted by atomic mass is 10.1. The van der Waals surface area contributed by atoms with Crippen molar-refractivity contribution in [3.8, 4) is 17.4 Å². The molecule has 0 fully saturated rings. The maximum Gasteiger partial charge on any atom is 0.216 e. The van der Waals surface area contributed by atoms with E-state index >= 15 is 0 Å². The summed E-state index contributed by atoms with van der Waals surface area (Å²) >= 11 is 0. The zero-order chi connectivity index (χ0) is 19.9. The average molecular weight is 387 g/mol. The third kappa shape index (κ3) is 4.91. The number of hydrogen-bond acceptors (Lipinski definition) is 5. The van der Waals surface area contributed by atoms with Crippen molar-refractivity contribution in [2.45, 2.75) is 13.3 Å². The van der Waals surface area contributed by atoms with Crippen molar-refractivity contribution in [3.05, 3.63) is 48.0 Å². The van der Waals surface area contributed by atoms with E-state index in [4.69, 9.17) is 14.2 Å². The number of hydrogen-bond donors (Lipinski definition) is 2. The molecule has 2 heterocycles. The van der Waals surface area contributed by atoms with Gasteiger partial charge in [-0.15, -0.1) is 0 Å². The molecule has 0 aliphatic carbocycles. The van der Waals surface area contributed by atoms with E-state index in [1.807, 2.05) is 6.20 Å². The second kappa shape index (κ2) is 9.07. The summed E-state index contributed by atoms with van der Waals surface area (Å²) in [7, 11) is 1.54. The van der Waals surface area contributed by atoms with Gasteiger partial charge < -0.3 is 24.5 Å². The van der Waals surface area contributed by atoms with E-state index in [0.29, 0.717) is 30.1 Å². The number of nitrogens with zero attached hydrogens (tertiary/aromatic N) is 1. The topological polar surface area (TPSA) is 85.5 Å². The molecule has 1 amide bonds. The van der Waals surface area contributed by atoms with Crippen LogP contribution in [0.3, 0.4) is 0 Å². The van der Waals surface area contributed by atoms with E-state index in [2.05, 4.69) is 15.3 Å². The first-order chi connectivity index (χ1) is 13.6. The lowest BCUT2D eigenvalue weighted by Gasteiger charge is -2.10. The van der Waals surface area contributed by atoms with Crippen LogP contribution in [0.2, 0.25) is 0 Å². The number of H-pyrrole nitrogens is 1. The van der Waals surface area contributed by atoms with Crippen LogP contribution in [0.4, 0.5) is 4.39 Å². The molecular formula is C20H22FN3O4. The van der Waals surface area contributed by atoms with Gasteiger partial charge in [0.2, 0.25) is 11.8 Å². The molecule has 0 spiro atoms. The van der Waals surface area contributed by atoms with Crippen molar-refractivity contribution in [1.29, 1.82) is 0 Å². The van der Waals surface area contributed by atoms with Gasteiger partial charge in [0, 0.05) is 42.7 Å². The zero-order valence-electron chi connectivity index (χ0n) is 15.8. The van der Waals surface area contributed by atoms with Gasteiger partial charge in [0.1, 0.15) is 19.0 Å². The van der Waals surface area contributed by atoms with Gasteiger partial charge in [-0.25, -0.2) is 9.37 Å². The number of aromatic nitrogens is 2. The molecule has 28 heavy (non-hydrogen) atoms. The van der Waals surface area contributed by atoms with E-state index in [-0.39, 0.29) is 24.9 Å². The Morgan fingerprint density at radius 1 is 1.25 bits per heavy atom. The van der Waals surface area contributed by atoms with Crippen LogP contribution in [0.1, 0.15) is 12.5 Å². The SMILES string of the molecule is COc1ccc(OCCOc2cc3c(CCNC(C)=O)c[nH]c3cc2F)cn1. The van der Waals surface area contributed by atoms with Crippen LogP contribution < -0.4 is 19.5 Å². The van der Waals surface area contributed by atoms with Crippen molar-refractivity contribution < 1.29 is 23.4 Å². The molecule has 0 aliphatic heterocycles. The molecule has 0 saturated heterocycles. The van der Waals surface area contributed by atoms with E-state index in [9.17, 15) is 9.18 Å². The summed E-state index contributed by atoms with van der Waals surface area (Å²) in [6.07, 6.45) is 4.00. The number of aromatic amines is 1. The summed E-state index contributed by atoms with van der Waals surface area (Å²) in [6.45, 7) is 2.41. The maximum absolute atomic E-state index is 14.3. The molecule has 2 N–H and O–H groups in total. The molecule has 1 aromatic carbocycles. The monoisotopic (exact) mass is 387 g/mol. The summed E-state index contributed by atoms with van der Waals surface area (Å²) in [5.74, 6) is 0.700. The molecule has 2 aromatic heterocycles. The molecule has 0 aliphatic rings. The van der Waals surface area contributed by atoms with Gasteiger partial charge in [-0.05, 0) is 24.1 Å². The molecule has 7 nitrogen and oxygen atoms in total. The van der Waals surface area contributed by atoms with Crippen molar-refractivity contribution in [2.75, 3.05) is 26.9 Å². The predicted molar refractivity (Wildman–Crippen MR) is 102 cm³/mol. The molecule has 0 radical (unpaired) electrons. The van der Waals surface area contributed by atoms with E-state index < -0.39 is 5.82 Å². The summed E-state index contributed by atoms with van der Waals surface area (Å²) in [6, 6.07) is 6.50. The summed E-state index contributed by atoms with van der Waals surface area (Å²) in [5.41, 5.74) is 1.66. The van der Waals surface area contributed by atoms with Crippen molar-refractivity contribution in [2.24, 2.45) is 0 Å². The number of carbonyl (C=O) groups excluding carboxylic acids is 1. The van der Waals surface area contributed by atoms with Gasteiger partial charge in [-0.2, -0.15) is 0 Å². The van der Waals surface area contributed by atoms with Crippen LogP contribution in [0.15, 0.2) is 36.7 Å². The fourth-order valence-corrected chi connectivity index (χ4v) is 2.76. The smallest absolute Gasteiger partial charge is 0.216 e. The molecule has 148 valence electrons. The molecule has 3 rings (SSSR count). The van der Waals surface area contributed by atoms with Gasteiger partial charge >= 0.3 is 0 Å². The highest BCUT2D eigenvalue weighted by Gasteiger charge is 2.11. The number of rotatable bonds is 9. The number of amides is 1. The minimum absolute atomic E-state index is 0.0815. The average Bonchev–Trinajstić information content (AvgIpc) is 3.07. The van der Waals surface area contributed by atoms with Crippen LogP contribution in [0, 0.1) is 5.82 Å². The van der Waals surface area contributed by atoms with Gasteiger partial charge in [0.05, 0.1) is 13.3 Å². The first kappa shape index (κ1) is 19.5. The van der Waals surface area contributed by atoms with Crippen LogP contribution in [0.25, 0.3) is 10.9 Å². The Balaban J connectivity index is 1.58. The Kier molecular flexibility index (Phi) is 6.31. The molecule has 0 saturated carbocycles. The number of halogens is 1. The van der Waals surface area contributed by atoms with Crippen LogP contribution >= 0.6 is 0 Å². The number of methoxy groups -OCH3 is 1. The Morgan fingerprint density at radius 2 is 2.07 bits per heavy atom. The number of pyridine rings is 1. The Labute approximate surface area is 161 Å². The normalized spacial score (nSPS) is 10.7. The molecule has 3 aromatic rings. The first-order valence-electron chi connectivity index (χ1n) is 8.86. The fraction of sp³-hybridized carbons (Fsp3) is 0.300. The maximum atomic E-state index is 14.3. The van der Waals surface area contributed by atoms with Gasteiger partial charge in [0.15, 0.2) is 11.6 Å². The summed E-state index contributed by atoms with van der Waals surface area (Å²) in [4.78, 5) is 18.1. The van der Waals surface area contributed by atoms with Crippen LogP contribution in [-0.2, 0) is 11.2 Å². The molecule has 0 atom stereocenters. The third-order valence-electron chi connectivity index (χ3n) is 4.12. The number of ether oxygens (including phenoxy) is 3. The lowest BCUT2D eigenvalue weighted by Crippen LogP contribution is -2.22. The number of nitrogens with one attached hydrogen (secondary N) is 2. The van der Waals surface area contributed by atoms with Gasteiger partial charge in [-0.1, -0.05) is 0 Å². The highest BCUT2D eigenvalue weighted by Crippen LogP contribution is 2.27. The Morgan fingerprint density at radius 3 is 2.79 bits per heavy atom. The Bertz CT molecular complexity index is 941. The predicted octanol–water partition coefficient (Wildman–Crippen LogP) is 2.85. The largest absolute Gasteiger partial charge is 0.488 e. The summed E-state index contributed by atoms with van der Waals surface area (Å²) < 4.78 is 30.3. The zero-order valence-corrected chi connectivity index (χ0v) is 15.8. The number of carbonyl (C=O) groups is 1. The van der Waals surface area contributed by atoms with Gasteiger partial charge in [0.25, 0.3) is 0 Å². The highest BCUT2D eigenvalue weighted by molar-refractivity contribution is 5.85. The van der Waals surface area contributed by atoms with Crippen molar-refractivity contribution in [1.82, 2.24) is 15.3 Å².